The van der Waals surface area contributed by atoms with E-state index in [9.17, 15) is 9.90 Å². The number of nitrogens with one attached hydrogen (secondary N) is 2. The van der Waals surface area contributed by atoms with Crippen LogP contribution in [0.2, 0.25) is 0 Å². The highest BCUT2D eigenvalue weighted by atomic mass is 16.3. The zero-order valence-electron chi connectivity index (χ0n) is 8.58. The second kappa shape index (κ2) is 3.46. The summed E-state index contributed by atoms with van der Waals surface area (Å²) in [7, 11) is 0. The summed E-state index contributed by atoms with van der Waals surface area (Å²) in [5, 5.41) is 14.9. The van der Waals surface area contributed by atoms with Gasteiger partial charge < -0.3 is 15.7 Å². The minimum atomic E-state index is -0.160. The lowest BCUT2D eigenvalue weighted by atomic mass is 9.81. The molecule has 0 atom stereocenters. The van der Waals surface area contributed by atoms with Crippen molar-refractivity contribution in [1.29, 1.82) is 0 Å². The fraction of sp³-hybridized carbons (Fsp3) is 0.364. The largest absolute Gasteiger partial charge is 0.508 e. The van der Waals surface area contributed by atoms with Gasteiger partial charge in [0.1, 0.15) is 5.75 Å². The van der Waals surface area contributed by atoms with Gasteiger partial charge in [-0.2, -0.15) is 0 Å². The quantitative estimate of drug-likeness (QED) is 0.641. The summed E-state index contributed by atoms with van der Waals surface area (Å²) in [6, 6.07) is 7.01. The summed E-state index contributed by atoms with van der Waals surface area (Å²) in [6.45, 7) is 3.22. The van der Waals surface area contributed by atoms with Gasteiger partial charge in [-0.25, -0.2) is 4.79 Å². The number of urea groups is 1. The molecular formula is C11H14N2O2. The lowest BCUT2D eigenvalue weighted by Crippen LogP contribution is -2.55. The van der Waals surface area contributed by atoms with Crippen molar-refractivity contribution in [2.45, 2.75) is 12.3 Å². The average Bonchev–Trinajstić information content (AvgIpc) is 2.23. The lowest BCUT2D eigenvalue weighted by molar-refractivity contribution is 0.225. The zero-order chi connectivity index (χ0) is 10.9. The van der Waals surface area contributed by atoms with Gasteiger partial charge in [-0.3, -0.25) is 0 Å². The Hall–Kier alpha value is -1.71. The van der Waals surface area contributed by atoms with E-state index in [-0.39, 0.29) is 17.2 Å². The van der Waals surface area contributed by atoms with Crippen LogP contribution < -0.4 is 10.6 Å². The van der Waals surface area contributed by atoms with E-state index in [1.54, 1.807) is 12.1 Å². The van der Waals surface area contributed by atoms with Crippen LogP contribution in [0.1, 0.15) is 12.5 Å². The van der Waals surface area contributed by atoms with Gasteiger partial charge in [0.2, 0.25) is 0 Å². The van der Waals surface area contributed by atoms with Crippen molar-refractivity contribution >= 4 is 6.03 Å². The summed E-state index contributed by atoms with van der Waals surface area (Å²) in [4.78, 5) is 11.0. The van der Waals surface area contributed by atoms with Crippen LogP contribution in [0.5, 0.6) is 5.75 Å². The fourth-order valence-electron chi connectivity index (χ4n) is 1.76. The summed E-state index contributed by atoms with van der Waals surface area (Å²) >= 11 is 0. The Balaban J connectivity index is 2.25. The number of hydrogen-bond acceptors (Lipinski definition) is 2. The Morgan fingerprint density at radius 1 is 1.33 bits per heavy atom. The molecule has 1 heterocycles. The molecule has 0 bridgehead atoms. The predicted molar refractivity (Wildman–Crippen MR) is 56.9 cm³/mol. The van der Waals surface area contributed by atoms with Crippen LogP contribution in [0.15, 0.2) is 24.3 Å². The fourth-order valence-corrected chi connectivity index (χ4v) is 1.76. The smallest absolute Gasteiger partial charge is 0.314 e. The van der Waals surface area contributed by atoms with Crippen molar-refractivity contribution in [2.24, 2.45) is 0 Å². The van der Waals surface area contributed by atoms with E-state index in [1.807, 2.05) is 19.1 Å². The Bertz CT molecular complexity index is 380. The van der Waals surface area contributed by atoms with E-state index >= 15 is 0 Å². The molecule has 4 nitrogen and oxygen atoms in total. The van der Waals surface area contributed by atoms with Crippen LogP contribution in [-0.2, 0) is 5.41 Å². The molecule has 1 aromatic rings. The van der Waals surface area contributed by atoms with Crippen LogP contribution in [-0.4, -0.2) is 24.2 Å². The second-order valence-electron chi connectivity index (χ2n) is 4.15. The third-order valence-corrected chi connectivity index (χ3v) is 2.82. The average molecular weight is 206 g/mol. The molecule has 0 spiro atoms. The van der Waals surface area contributed by atoms with Crippen molar-refractivity contribution < 1.29 is 9.90 Å². The number of amides is 2. The zero-order valence-corrected chi connectivity index (χ0v) is 8.58. The van der Waals surface area contributed by atoms with Gasteiger partial charge in [0, 0.05) is 18.5 Å². The van der Waals surface area contributed by atoms with E-state index < -0.39 is 0 Å². The molecule has 1 aromatic carbocycles. The van der Waals surface area contributed by atoms with Crippen molar-refractivity contribution in [3.8, 4) is 5.75 Å². The lowest BCUT2D eigenvalue weighted by Gasteiger charge is -2.34. The summed E-state index contributed by atoms with van der Waals surface area (Å²) in [5.74, 6) is 0.255. The Kier molecular flexibility index (Phi) is 2.26. The molecule has 1 aliphatic heterocycles. The molecule has 0 radical (unpaired) electrons. The first-order chi connectivity index (χ1) is 7.10. The highest BCUT2D eigenvalue weighted by Crippen LogP contribution is 2.26. The first-order valence-corrected chi connectivity index (χ1v) is 4.91. The molecule has 15 heavy (non-hydrogen) atoms. The number of carbonyl (C=O) groups excluding carboxylic acids is 1. The summed E-state index contributed by atoms with van der Waals surface area (Å²) in [5.41, 5.74) is 0.863. The number of carbonyl (C=O) groups is 1. The number of phenols is 1. The molecule has 0 aromatic heterocycles. The number of hydrogen-bond donors (Lipinski definition) is 3. The van der Waals surface area contributed by atoms with Crippen LogP contribution in [0, 0.1) is 0 Å². The molecule has 4 heteroatoms. The number of benzene rings is 1. The summed E-state index contributed by atoms with van der Waals surface area (Å²) in [6.07, 6.45) is 0. The van der Waals surface area contributed by atoms with Gasteiger partial charge >= 0.3 is 6.03 Å². The minimum Gasteiger partial charge on any atom is -0.508 e. The van der Waals surface area contributed by atoms with Crippen molar-refractivity contribution in [1.82, 2.24) is 10.6 Å². The van der Waals surface area contributed by atoms with E-state index in [0.717, 1.165) is 5.56 Å². The Labute approximate surface area is 88.3 Å². The van der Waals surface area contributed by atoms with E-state index in [0.29, 0.717) is 13.1 Å². The molecule has 0 unspecified atom stereocenters. The second-order valence-corrected chi connectivity index (χ2v) is 4.15. The molecule has 1 saturated heterocycles. The van der Waals surface area contributed by atoms with E-state index in [1.165, 1.54) is 0 Å². The maximum Gasteiger partial charge on any atom is 0.314 e. The minimum absolute atomic E-state index is 0.132. The van der Waals surface area contributed by atoms with Crippen molar-refractivity contribution in [2.75, 3.05) is 13.1 Å². The Morgan fingerprint density at radius 2 is 2.00 bits per heavy atom. The van der Waals surface area contributed by atoms with E-state index in [4.69, 9.17) is 0 Å². The van der Waals surface area contributed by atoms with Gasteiger partial charge in [-0.05, 0) is 17.7 Å². The molecule has 3 N–H and O–H groups in total. The van der Waals surface area contributed by atoms with Crippen molar-refractivity contribution in [3.05, 3.63) is 29.8 Å². The first-order valence-electron chi connectivity index (χ1n) is 4.91. The molecule has 2 amide bonds. The summed E-state index contributed by atoms with van der Waals surface area (Å²) < 4.78 is 0. The molecule has 1 aliphatic rings. The molecule has 80 valence electrons. The van der Waals surface area contributed by atoms with Crippen molar-refractivity contribution in [3.63, 3.8) is 0 Å². The number of phenolic OH excluding ortho intramolecular Hbond substituents is 1. The van der Waals surface area contributed by atoms with Gasteiger partial charge in [0.15, 0.2) is 0 Å². The molecule has 0 aliphatic carbocycles. The highest BCUT2D eigenvalue weighted by Gasteiger charge is 2.31. The SMILES string of the molecule is CC1(c2cccc(O)c2)CNC(=O)NC1. The topological polar surface area (TPSA) is 61.4 Å². The third kappa shape index (κ3) is 1.88. The first kappa shape index (κ1) is 9.83. The number of aromatic hydroxyl groups is 1. The van der Waals surface area contributed by atoms with Gasteiger partial charge in [-0.1, -0.05) is 19.1 Å². The number of rotatable bonds is 1. The molecule has 0 saturated carbocycles. The van der Waals surface area contributed by atoms with E-state index in [2.05, 4.69) is 10.6 Å². The van der Waals surface area contributed by atoms with Crippen LogP contribution in [0.4, 0.5) is 4.79 Å². The maximum absolute atomic E-state index is 11.0. The molecule has 2 rings (SSSR count). The standard InChI is InChI=1S/C11H14N2O2/c1-11(6-12-10(15)13-7-11)8-3-2-4-9(14)5-8/h2-5,14H,6-7H2,1H3,(H2,12,13,15). The highest BCUT2D eigenvalue weighted by molar-refractivity contribution is 5.75. The Morgan fingerprint density at radius 3 is 2.60 bits per heavy atom. The van der Waals surface area contributed by atoms with Crippen LogP contribution >= 0.6 is 0 Å². The molecule has 1 fully saturated rings. The van der Waals surface area contributed by atoms with Gasteiger partial charge in [0.25, 0.3) is 0 Å². The predicted octanol–water partition coefficient (Wildman–Crippen LogP) is 0.963. The third-order valence-electron chi connectivity index (χ3n) is 2.82. The van der Waals surface area contributed by atoms with Crippen LogP contribution in [0.3, 0.4) is 0 Å². The monoisotopic (exact) mass is 206 g/mol. The van der Waals surface area contributed by atoms with Crippen LogP contribution in [0.25, 0.3) is 0 Å². The van der Waals surface area contributed by atoms with Gasteiger partial charge in [-0.15, -0.1) is 0 Å². The van der Waals surface area contributed by atoms with Gasteiger partial charge in [0.05, 0.1) is 0 Å². The maximum atomic E-state index is 11.0. The molecular weight excluding hydrogens is 192 g/mol. The normalized spacial score (nSPS) is 19.1.